The van der Waals surface area contributed by atoms with Crippen molar-refractivity contribution in [1.82, 2.24) is 0 Å². The first-order valence-corrected chi connectivity index (χ1v) is 5.96. The first kappa shape index (κ1) is 14.0. The van der Waals surface area contributed by atoms with Crippen LogP contribution in [0.15, 0.2) is 27.7 Å². The van der Waals surface area contributed by atoms with Gasteiger partial charge in [0, 0.05) is 9.48 Å². The van der Waals surface area contributed by atoms with Crippen LogP contribution in [0.3, 0.4) is 0 Å². The molecule has 0 spiro atoms. The van der Waals surface area contributed by atoms with Crippen LogP contribution in [0.2, 0.25) is 0 Å². The van der Waals surface area contributed by atoms with Crippen molar-refractivity contribution in [2.75, 3.05) is 0 Å². The summed E-state index contributed by atoms with van der Waals surface area (Å²) in [4.78, 5) is 10.2. The Morgan fingerprint density at radius 3 is 2.59 bits per heavy atom. The van der Waals surface area contributed by atoms with Crippen molar-refractivity contribution in [3.63, 3.8) is 0 Å². The van der Waals surface area contributed by atoms with E-state index in [0.29, 0.717) is 23.9 Å². The highest BCUT2D eigenvalue weighted by Crippen LogP contribution is 2.39. The van der Waals surface area contributed by atoms with Crippen LogP contribution in [0.5, 0.6) is 0 Å². The number of benzene rings is 1. The van der Waals surface area contributed by atoms with Gasteiger partial charge in [-0.1, -0.05) is 25.5 Å². The molecule has 0 N–H and O–H groups in total. The van der Waals surface area contributed by atoms with Crippen LogP contribution in [-0.4, -0.2) is 0 Å². The fourth-order valence-corrected chi connectivity index (χ4v) is 2.16. The summed E-state index contributed by atoms with van der Waals surface area (Å²) in [6, 6.07) is 3.95. The Morgan fingerprint density at radius 2 is 2.06 bits per heavy atom. The second-order valence-corrected chi connectivity index (χ2v) is 4.30. The second-order valence-electron chi connectivity index (χ2n) is 3.56. The zero-order chi connectivity index (χ0) is 12.9. The predicted molar refractivity (Wildman–Crippen MR) is 61.7 cm³/mol. The summed E-state index contributed by atoms with van der Waals surface area (Å²) in [5.41, 5.74) is -0.248. The molecule has 94 valence electrons. The number of nitroso groups, excluding NO2 is 1. The highest BCUT2D eigenvalue weighted by molar-refractivity contribution is 7.98. The highest BCUT2D eigenvalue weighted by atomic mass is 32.2. The lowest BCUT2D eigenvalue weighted by molar-refractivity contribution is -0.139. The van der Waals surface area contributed by atoms with Crippen molar-refractivity contribution in [3.05, 3.63) is 34.2 Å². The summed E-state index contributed by atoms with van der Waals surface area (Å²) >= 11 is 0.355. The maximum absolute atomic E-state index is 12.7. The van der Waals surface area contributed by atoms with Crippen LogP contribution < -0.4 is 0 Å². The van der Waals surface area contributed by atoms with Crippen LogP contribution in [0.25, 0.3) is 0 Å². The largest absolute Gasteiger partial charge is 0.417 e. The summed E-state index contributed by atoms with van der Waals surface area (Å²) in [5.74, 6) is 0. The zero-order valence-electron chi connectivity index (χ0n) is 9.25. The number of hydrogen-bond acceptors (Lipinski definition) is 3. The molecular weight excluding hydrogens is 251 g/mol. The molecule has 0 fully saturated rings. The number of aryl methyl sites for hydroxylation is 1. The molecule has 0 amide bonds. The van der Waals surface area contributed by atoms with Gasteiger partial charge >= 0.3 is 6.18 Å². The van der Waals surface area contributed by atoms with Crippen molar-refractivity contribution in [1.29, 1.82) is 0 Å². The second kappa shape index (κ2) is 6.05. The Morgan fingerprint density at radius 1 is 1.35 bits per heavy atom. The van der Waals surface area contributed by atoms with Gasteiger partial charge in [-0.3, -0.25) is 0 Å². The molecule has 0 aliphatic rings. The fraction of sp³-hybridized carbons (Fsp3) is 0.455. The number of hydrogen-bond donors (Lipinski definition) is 0. The monoisotopic (exact) mass is 263 g/mol. The third-order valence-electron chi connectivity index (χ3n) is 2.33. The summed E-state index contributed by atoms with van der Waals surface area (Å²) in [5, 5.41) is 0. The third kappa shape index (κ3) is 3.73. The SMILES string of the molecule is CCCCc1cccc(C(F)(F)F)c1SN=O. The van der Waals surface area contributed by atoms with Gasteiger partial charge in [-0.2, -0.15) is 13.2 Å². The van der Waals surface area contributed by atoms with Crippen LogP contribution in [-0.2, 0) is 12.6 Å². The Balaban J connectivity index is 3.16. The normalized spacial score (nSPS) is 11.5. The van der Waals surface area contributed by atoms with Gasteiger partial charge in [-0.05, 0) is 24.5 Å². The number of alkyl halides is 3. The van der Waals surface area contributed by atoms with Gasteiger partial charge in [0.2, 0.25) is 0 Å². The Hall–Kier alpha value is -1.04. The zero-order valence-corrected chi connectivity index (χ0v) is 10.1. The molecule has 1 aromatic rings. The molecule has 0 unspecified atom stereocenters. The summed E-state index contributed by atoms with van der Waals surface area (Å²) in [7, 11) is 0. The Kier molecular flexibility index (Phi) is 4.99. The molecule has 0 aliphatic carbocycles. The van der Waals surface area contributed by atoms with Gasteiger partial charge in [-0.15, -0.1) is 4.91 Å². The maximum Gasteiger partial charge on any atom is 0.417 e. The lowest BCUT2D eigenvalue weighted by Crippen LogP contribution is -2.08. The topological polar surface area (TPSA) is 29.4 Å². The van der Waals surface area contributed by atoms with E-state index in [1.807, 2.05) is 6.92 Å². The van der Waals surface area contributed by atoms with Gasteiger partial charge in [0.05, 0.1) is 17.5 Å². The predicted octanol–water partition coefficient (Wildman–Crippen LogP) is 4.82. The van der Waals surface area contributed by atoms with E-state index in [2.05, 4.69) is 4.58 Å². The molecule has 0 atom stereocenters. The molecule has 0 radical (unpaired) electrons. The minimum absolute atomic E-state index is 0.0662. The van der Waals surface area contributed by atoms with Crippen molar-refractivity contribution in [3.8, 4) is 0 Å². The number of unbranched alkanes of at least 4 members (excludes halogenated alkanes) is 1. The van der Waals surface area contributed by atoms with E-state index in [9.17, 15) is 18.1 Å². The molecule has 0 aromatic heterocycles. The molecule has 1 rings (SSSR count). The molecule has 6 heteroatoms. The first-order chi connectivity index (χ1) is 8.00. The highest BCUT2D eigenvalue weighted by Gasteiger charge is 2.34. The van der Waals surface area contributed by atoms with Gasteiger partial charge in [0.25, 0.3) is 0 Å². The van der Waals surface area contributed by atoms with Gasteiger partial charge < -0.3 is 0 Å². The van der Waals surface area contributed by atoms with E-state index in [1.54, 1.807) is 6.07 Å². The maximum atomic E-state index is 12.7. The molecule has 17 heavy (non-hydrogen) atoms. The van der Waals surface area contributed by atoms with Crippen LogP contribution >= 0.6 is 11.9 Å². The van der Waals surface area contributed by atoms with Crippen molar-refractivity contribution < 1.29 is 13.2 Å². The minimum atomic E-state index is -4.45. The smallest absolute Gasteiger partial charge is 0.166 e. The number of rotatable bonds is 5. The lowest BCUT2D eigenvalue weighted by atomic mass is 10.0. The molecule has 0 saturated carbocycles. The summed E-state index contributed by atoms with van der Waals surface area (Å²) < 4.78 is 40.7. The standard InChI is InChI=1S/C11H12F3NOS/c1-2-3-5-8-6-4-7-9(11(12,13)14)10(8)17-15-16/h4,6-7H,2-3,5H2,1H3. The molecule has 0 heterocycles. The van der Waals surface area contributed by atoms with E-state index < -0.39 is 11.7 Å². The Labute approximate surface area is 102 Å². The van der Waals surface area contributed by atoms with Crippen LogP contribution in [0, 0.1) is 4.91 Å². The van der Waals surface area contributed by atoms with Crippen molar-refractivity contribution >= 4 is 11.9 Å². The number of halogens is 3. The third-order valence-corrected chi connectivity index (χ3v) is 3.07. The fourth-order valence-electron chi connectivity index (χ4n) is 1.52. The molecular formula is C11H12F3NOS. The molecule has 0 bridgehead atoms. The lowest BCUT2D eigenvalue weighted by Gasteiger charge is -2.13. The van der Waals surface area contributed by atoms with E-state index in [1.165, 1.54) is 6.07 Å². The van der Waals surface area contributed by atoms with E-state index in [0.717, 1.165) is 18.9 Å². The van der Waals surface area contributed by atoms with Crippen LogP contribution in [0.1, 0.15) is 30.9 Å². The van der Waals surface area contributed by atoms with Crippen LogP contribution in [0.4, 0.5) is 13.2 Å². The average molecular weight is 263 g/mol. The quantitative estimate of drug-likeness (QED) is 0.563. The number of nitrogens with zero attached hydrogens (tertiary/aromatic N) is 1. The van der Waals surface area contributed by atoms with E-state index >= 15 is 0 Å². The summed E-state index contributed by atoms with van der Waals surface area (Å²) in [6.45, 7) is 1.96. The Bertz CT molecular complexity index is 393. The van der Waals surface area contributed by atoms with Gasteiger partial charge in [0.1, 0.15) is 0 Å². The van der Waals surface area contributed by atoms with Gasteiger partial charge in [-0.25, -0.2) is 0 Å². The summed E-state index contributed by atoms with van der Waals surface area (Å²) in [6.07, 6.45) is -2.25. The molecule has 0 saturated heterocycles. The van der Waals surface area contributed by atoms with Crippen molar-refractivity contribution in [2.45, 2.75) is 37.3 Å². The molecule has 1 aromatic carbocycles. The van der Waals surface area contributed by atoms with E-state index in [-0.39, 0.29) is 4.90 Å². The average Bonchev–Trinajstić information content (AvgIpc) is 2.26. The molecule has 2 nitrogen and oxygen atoms in total. The first-order valence-electron chi connectivity index (χ1n) is 5.19. The molecule has 0 aliphatic heterocycles. The van der Waals surface area contributed by atoms with Crippen molar-refractivity contribution in [2.24, 2.45) is 4.58 Å². The minimum Gasteiger partial charge on any atom is -0.166 e. The van der Waals surface area contributed by atoms with E-state index in [4.69, 9.17) is 0 Å². The van der Waals surface area contributed by atoms with Gasteiger partial charge in [0.15, 0.2) is 0 Å².